The number of hydrogen-bond donors (Lipinski definition) is 6. The molecule has 1 aromatic heterocycles. The van der Waals surface area contributed by atoms with Crippen molar-refractivity contribution < 1.29 is 85.0 Å². The summed E-state index contributed by atoms with van der Waals surface area (Å²) in [7, 11) is -1.28. The van der Waals surface area contributed by atoms with Crippen molar-refractivity contribution in [1.82, 2.24) is 44.9 Å². The number of aliphatic hydroxyl groups excluding tert-OH is 1. The van der Waals surface area contributed by atoms with Crippen molar-refractivity contribution in [2.24, 2.45) is 28.7 Å². The van der Waals surface area contributed by atoms with Crippen LogP contribution in [-0.2, 0) is 63.0 Å². The van der Waals surface area contributed by atoms with Crippen LogP contribution in [0.1, 0.15) is 137 Å². The van der Waals surface area contributed by atoms with Gasteiger partial charge in [0, 0.05) is 49.0 Å². The van der Waals surface area contributed by atoms with Gasteiger partial charge < -0.3 is 68.8 Å². The van der Waals surface area contributed by atoms with E-state index in [1.807, 2.05) is 29.5 Å². The number of aryl methyl sites for hydroxylation is 1. The smallest absolute Gasteiger partial charge is 0.421 e. The molecular formula is C69H90N12O18S. The summed E-state index contributed by atoms with van der Waals surface area (Å²) in [6, 6.07) is 9.88. The van der Waals surface area contributed by atoms with Crippen molar-refractivity contribution in [3.63, 3.8) is 0 Å². The van der Waals surface area contributed by atoms with Crippen LogP contribution in [0.25, 0.3) is 0 Å². The predicted octanol–water partition coefficient (Wildman–Crippen LogP) is 6.55. The number of carbonyl (C=O) groups is 7. The van der Waals surface area contributed by atoms with Gasteiger partial charge in [0.25, 0.3) is 11.8 Å². The number of amides is 7. The minimum Gasteiger partial charge on any atom is -0.493 e. The van der Waals surface area contributed by atoms with Crippen molar-refractivity contribution in [1.29, 1.82) is 0 Å². The first-order valence-electron chi connectivity index (χ1n) is 33.8. The van der Waals surface area contributed by atoms with Gasteiger partial charge in [-0.3, -0.25) is 29.0 Å². The van der Waals surface area contributed by atoms with Gasteiger partial charge in [-0.1, -0.05) is 42.3 Å². The van der Waals surface area contributed by atoms with E-state index < -0.39 is 82.9 Å². The number of unbranched alkanes of at least 4 members (excludes halogenated alkanes) is 2. The number of aliphatic imine (C=N–C) groups is 1. The number of benzene rings is 3. The van der Waals surface area contributed by atoms with E-state index in [0.29, 0.717) is 71.7 Å². The maximum atomic E-state index is 14.3. The summed E-state index contributed by atoms with van der Waals surface area (Å²) < 4.78 is 76.7. The van der Waals surface area contributed by atoms with Crippen LogP contribution in [0, 0.1) is 23.7 Å². The van der Waals surface area contributed by atoms with Gasteiger partial charge in [-0.05, 0) is 146 Å². The van der Waals surface area contributed by atoms with Gasteiger partial charge in [-0.2, -0.15) is 13.1 Å². The number of rotatable bonds is 31. The standard InChI is InChI=1S/C69H90N12O18S/c1-39(2)62(74-61(82)38-95-26-25-94-24-21-71-100(90,91)76-68(88)98-37-51-47-17-19-52-54(20-18-48(47)51)81(40(3)4)77-75-52)64(84)72-43(7)63(83)73-45-15-13-44(14-16-45)36-99-69(89)80-55-32-60(58(93-9)30-50(55)66(86)79-35-42(6)28-56(79)67(80)87)97-23-12-10-11-22-96-59-31-53-49(29-57(59)92-8)65(85)78-34-41(5)27-46(78)33-70-53/h13-16,29-35,39-40,43,46-48,51,56,62,67,71,87H,10-12,17-28,36-38H2,1-9H3,(H,72,84)(H,73,83)(H,74,82)(H,76,88)/t43-,46-,47-,48+,51-,56-,62-,67-/m0/s1. The number of fused-ring (bicyclic) bond motifs is 6. The average Bonchev–Trinajstić information content (AvgIpc) is 1.59. The second-order valence-corrected chi connectivity index (χ2v) is 27.9. The van der Waals surface area contributed by atoms with E-state index in [2.05, 4.69) is 49.8 Å². The molecule has 6 aliphatic rings. The van der Waals surface area contributed by atoms with Crippen LogP contribution in [0.5, 0.6) is 23.0 Å². The number of ether oxygens (including phenoxy) is 8. The normalized spacial score (nSPS) is 20.3. The van der Waals surface area contributed by atoms with Gasteiger partial charge in [-0.25, -0.2) is 23.9 Å². The molecule has 0 spiro atoms. The SMILES string of the molecule is COc1cc2c(cc1OCCCCCOc1cc3c(cc1OC)C(=O)N1C=C(C)C[C@H]1[C@H](O)N3C(=O)OCc1ccc(NC(=O)[C@H](C)NC(=O)[C@@H](NC(=O)COCCOCCNS(=O)(=O)NC(=O)OC[C@@H]3[C@@H]4CCc5c(nnn5C(C)C)CC[C@@H]43)C(C)C)cc1)N=C[C@@H]1CC(C)=CN1C2=O. The first-order valence-corrected chi connectivity index (χ1v) is 35.3. The molecule has 0 radical (unpaired) electrons. The molecule has 10 rings (SSSR count). The molecule has 1 fully saturated rings. The van der Waals surface area contributed by atoms with Crippen molar-refractivity contribution in [2.75, 3.05) is 77.2 Å². The Bertz CT molecular complexity index is 3900. The summed E-state index contributed by atoms with van der Waals surface area (Å²) in [5.74, 6) is -0.564. The number of methoxy groups -OCH3 is 2. The summed E-state index contributed by atoms with van der Waals surface area (Å²) >= 11 is 0. The molecule has 7 amide bonds. The summed E-state index contributed by atoms with van der Waals surface area (Å²) in [5, 5.41) is 28.7. The monoisotopic (exact) mass is 1410 g/mol. The van der Waals surface area contributed by atoms with Gasteiger partial charge >= 0.3 is 22.4 Å². The van der Waals surface area contributed by atoms with Crippen LogP contribution in [0.2, 0.25) is 0 Å². The molecule has 4 aliphatic heterocycles. The quantitative estimate of drug-likeness (QED) is 0.0291. The number of anilines is 2. The van der Waals surface area contributed by atoms with Crippen LogP contribution in [0.4, 0.5) is 26.7 Å². The van der Waals surface area contributed by atoms with E-state index in [1.54, 1.807) is 67.6 Å². The third-order valence-corrected chi connectivity index (χ3v) is 19.4. The lowest BCUT2D eigenvalue weighted by Gasteiger charge is -2.31. The molecule has 0 unspecified atom stereocenters. The predicted molar refractivity (Wildman–Crippen MR) is 364 cm³/mol. The van der Waals surface area contributed by atoms with Crippen molar-refractivity contribution in [3.8, 4) is 23.0 Å². The molecule has 31 heteroatoms. The highest BCUT2D eigenvalue weighted by Crippen LogP contribution is 2.53. The van der Waals surface area contributed by atoms with Crippen LogP contribution >= 0.6 is 0 Å². The Hall–Kier alpha value is -9.17. The van der Waals surface area contributed by atoms with Gasteiger partial charge in [0.2, 0.25) is 17.7 Å². The first-order chi connectivity index (χ1) is 47.9. The van der Waals surface area contributed by atoms with Gasteiger partial charge in [0.05, 0.1) is 99.8 Å². The topological polar surface area (TPSA) is 361 Å². The molecule has 100 heavy (non-hydrogen) atoms. The fourth-order valence-electron chi connectivity index (χ4n) is 13.1. The van der Waals surface area contributed by atoms with Gasteiger partial charge in [-0.15, -0.1) is 5.10 Å². The molecular weight excluding hydrogens is 1320 g/mol. The van der Waals surface area contributed by atoms with Crippen LogP contribution in [0.15, 0.2) is 77.1 Å². The van der Waals surface area contributed by atoms with Gasteiger partial charge in [0.1, 0.15) is 25.3 Å². The van der Waals surface area contributed by atoms with E-state index >= 15 is 0 Å². The average molecular weight is 1410 g/mol. The third-order valence-electron chi connectivity index (χ3n) is 18.4. The number of aliphatic hydroxyl groups is 1. The van der Waals surface area contributed by atoms with Crippen LogP contribution < -0.4 is 49.2 Å². The summed E-state index contributed by atoms with van der Waals surface area (Å²) in [5.41, 5.74) is 6.00. The van der Waals surface area contributed by atoms with E-state index in [-0.39, 0.29) is 99.3 Å². The van der Waals surface area contributed by atoms with E-state index in [9.17, 15) is 47.1 Å². The Morgan fingerprint density at radius 2 is 1.39 bits per heavy atom. The van der Waals surface area contributed by atoms with Crippen LogP contribution in [0.3, 0.4) is 0 Å². The second-order valence-electron chi connectivity index (χ2n) is 26.4. The van der Waals surface area contributed by atoms with Crippen molar-refractivity contribution >= 4 is 75.2 Å². The highest BCUT2D eigenvalue weighted by Gasteiger charge is 2.51. The Morgan fingerprint density at radius 3 is 2.09 bits per heavy atom. The minimum atomic E-state index is -4.23. The zero-order valence-corrected chi connectivity index (χ0v) is 58.6. The van der Waals surface area contributed by atoms with E-state index in [1.165, 1.54) is 38.2 Å². The first kappa shape index (κ1) is 73.5. The number of nitrogens with zero attached hydrogens (tertiary/aromatic N) is 7. The molecule has 8 atom stereocenters. The minimum absolute atomic E-state index is 0.00291. The molecule has 4 aromatic rings. The lowest BCUT2D eigenvalue weighted by molar-refractivity contribution is -0.133. The van der Waals surface area contributed by atoms with E-state index in [4.69, 9.17) is 37.9 Å². The lowest BCUT2D eigenvalue weighted by atomic mass is 10.0. The number of hydrogen-bond acceptors (Lipinski definition) is 21. The largest absolute Gasteiger partial charge is 0.493 e. The zero-order chi connectivity index (χ0) is 71.5. The summed E-state index contributed by atoms with van der Waals surface area (Å²) in [4.78, 5) is 103. The number of aromatic nitrogens is 3. The molecule has 6 N–H and O–H groups in total. The molecule has 0 bridgehead atoms. The maximum absolute atomic E-state index is 14.3. The van der Waals surface area contributed by atoms with Gasteiger partial charge in [0.15, 0.2) is 29.2 Å². The number of nitrogens with one attached hydrogen (secondary N) is 5. The molecule has 1 saturated carbocycles. The fourth-order valence-corrected chi connectivity index (χ4v) is 13.8. The van der Waals surface area contributed by atoms with Crippen molar-refractivity contribution in [2.45, 2.75) is 149 Å². The molecule has 30 nitrogen and oxygen atoms in total. The van der Waals surface area contributed by atoms with Crippen LogP contribution in [-0.4, -0.2) is 184 Å². The molecule has 5 heterocycles. The fraction of sp³-hybridized carbons (Fsp3) is 0.536. The summed E-state index contributed by atoms with van der Waals surface area (Å²) in [6.07, 6.45) is 8.09. The molecule has 540 valence electrons. The highest BCUT2D eigenvalue weighted by molar-refractivity contribution is 7.88. The Kier molecular flexibility index (Phi) is 24.2. The zero-order valence-electron chi connectivity index (χ0n) is 57.8. The lowest BCUT2D eigenvalue weighted by Crippen LogP contribution is -2.54. The molecule has 2 aliphatic carbocycles. The highest BCUT2D eigenvalue weighted by atomic mass is 32.2. The summed E-state index contributed by atoms with van der Waals surface area (Å²) in [6.45, 7) is 12.6. The van der Waals surface area contributed by atoms with Crippen molar-refractivity contribution in [3.05, 3.63) is 100 Å². The Morgan fingerprint density at radius 1 is 0.730 bits per heavy atom. The number of carbonyl (C=O) groups excluding carboxylic acids is 7. The molecule has 3 aromatic carbocycles. The Labute approximate surface area is 581 Å². The van der Waals surface area contributed by atoms with E-state index in [0.717, 1.165) is 59.5 Å². The Balaban J connectivity index is 0.625. The molecule has 0 saturated heterocycles. The maximum Gasteiger partial charge on any atom is 0.421 e. The second kappa shape index (κ2) is 32.9. The third kappa shape index (κ3) is 17.9.